The predicted molar refractivity (Wildman–Crippen MR) is 59.2 cm³/mol. The Labute approximate surface area is 86.9 Å². The largest absolute Gasteiger partial charge is 0.389 e. The number of hydrogen-bond acceptors (Lipinski definition) is 1. The molecule has 0 heterocycles. The van der Waals surface area contributed by atoms with Crippen LogP contribution in [0.15, 0.2) is 18.2 Å². The van der Waals surface area contributed by atoms with Crippen molar-refractivity contribution >= 4 is 22.6 Å². The minimum absolute atomic E-state index is 0.358. The highest BCUT2D eigenvalue weighted by Gasteiger charge is 2.07. The molecular formula is C10H13IO. The van der Waals surface area contributed by atoms with Gasteiger partial charge in [0.2, 0.25) is 0 Å². The first-order chi connectivity index (χ1) is 5.66. The Hall–Kier alpha value is -0.0900. The Kier molecular flexibility index (Phi) is 3.53. The molecule has 1 aromatic carbocycles. The van der Waals surface area contributed by atoms with Gasteiger partial charge in [-0.15, -0.1) is 0 Å². The first-order valence-electron chi connectivity index (χ1n) is 4.12. The Morgan fingerprint density at radius 1 is 1.50 bits per heavy atom. The summed E-state index contributed by atoms with van der Waals surface area (Å²) in [4.78, 5) is 0. The first kappa shape index (κ1) is 9.99. The zero-order chi connectivity index (χ0) is 9.14. The van der Waals surface area contributed by atoms with E-state index >= 15 is 0 Å². The second-order valence-electron chi connectivity index (χ2n) is 2.85. The van der Waals surface area contributed by atoms with Crippen molar-refractivity contribution in [1.29, 1.82) is 0 Å². The van der Waals surface area contributed by atoms with Gasteiger partial charge < -0.3 is 5.11 Å². The van der Waals surface area contributed by atoms with Crippen LogP contribution in [-0.2, 0) is 6.42 Å². The summed E-state index contributed by atoms with van der Waals surface area (Å²) in [5.74, 6) is 0. The van der Waals surface area contributed by atoms with E-state index in [1.807, 2.05) is 12.1 Å². The van der Waals surface area contributed by atoms with Crippen LogP contribution in [0, 0.1) is 3.57 Å². The average Bonchev–Trinajstić information content (AvgIpc) is 2.04. The van der Waals surface area contributed by atoms with E-state index in [-0.39, 0.29) is 6.10 Å². The number of benzene rings is 1. The number of halogens is 1. The summed E-state index contributed by atoms with van der Waals surface area (Å²) < 4.78 is 1.20. The maximum absolute atomic E-state index is 9.42. The van der Waals surface area contributed by atoms with E-state index in [4.69, 9.17) is 0 Å². The molecule has 1 atom stereocenters. The highest BCUT2D eigenvalue weighted by Crippen LogP contribution is 2.23. The molecule has 0 radical (unpaired) electrons. The van der Waals surface area contributed by atoms with E-state index in [1.165, 1.54) is 9.13 Å². The predicted octanol–water partition coefficient (Wildman–Crippen LogP) is 2.91. The Balaban J connectivity index is 3.14. The fraction of sp³-hybridized carbons (Fsp3) is 0.400. The van der Waals surface area contributed by atoms with Crippen molar-refractivity contribution in [2.75, 3.05) is 0 Å². The van der Waals surface area contributed by atoms with E-state index in [1.54, 1.807) is 6.92 Å². The van der Waals surface area contributed by atoms with E-state index in [2.05, 4.69) is 35.6 Å². The van der Waals surface area contributed by atoms with Crippen molar-refractivity contribution in [3.8, 4) is 0 Å². The zero-order valence-corrected chi connectivity index (χ0v) is 9.50. The van der Waals surface area contributed by atoms with Crippen molar-refractivity contribution in [3.63, 3.8) is 0 Å². The summed E-state index contributed by atoms with van der Waals surface area (Å²) in [6, 6.07) is 6.09. The van der Waals surface area contributed by atoms with Gasteiger partial charge in [0.1, 0.15) is 0 Å². The van der Waals surface area contributed by atoms with Gasteiger partial charge in [-0.25, -0.2) is 0 Å². The molecule has 12 heavy (non-hydrogen) atoms. The maximum atomic E-state index is 9.42. The lowest BCUT2D eigenvalue weighted by molar-refractivity contribution is 0.198. The normalized spacial score (nSPS) is 13.0. The quantitative estimate of drug-likeness (QED) is 0.823. The Bertz CT molecular complexity index is 269. The van der Waals surface area contributed by atoms with Crippen molar-refractivity contribution in [2.24, 2.45) is 0 Å². The number of rotatable bonds is 2. The van der Waals surface area contributed by atoms with Crippen LogP contribution in [0.1, 0.15) is 31.1 Å². The molecule has 2 heteroatoms. The molecule has 1 rings (SSSR count). The number of aliphatic hydroxyl groups excluding tert-OH is 1. The van der Waals surface area contributed by atoms with E-state index in [9.17, 15) is 5.11 Å². The third kappa shape index (κ3) is 1.98. The van der Waals surface area contributed by atoms with Gasteiger partial charge in [-0.1, -0.05) is 25.1 Å². The lowest BCUT2D eigenvalue weighted by atomic mass is 10.1. The topological polar surface area (TPSA) is 20.2 Å². The van der Waals surface area contributed by atoms with Gasteiger partial charge in [0.25, 0.3) is 0 Å². The van der Waals surface area contributed by atoms with Gasteiger partial charge in [0.05, 0.1) is 6.10 Å². The van der Waals surface area contributed by atoms with E-state index in [0.29, 0.717) is 0 Å². The Morgan fingerprint density at radius 3 is 2.67 bits per heavy atom. The summed E-state index contributed by atoms with van der Waals surface area (Å²) in [6.45, 7) is 3.93. The average molecular weight is 276 g/mol. The molecule has 0 spiro atoms. The molecule has 0 amide bonds. The highest BCUT2D eigenvalue weighted by molar-refractivity contribution is 14.1. The van der Waals surface area contributed by atoms with Crippen molar-refractivity contribution in [2.45, 2.75) is 26.4 Å². The van der Waals surface area contributed by atoms with Gasteiger partial charge in [-0.05, 0) is 47.1 Å². The lowest BCUT2D eigenvalue weighted by Gasteiger charge is -2.10. The molecule has 0 aliphatic rings. The highest BCUT2D eigenvalue weighted by atomic mass is 127. The summed E-state index contributed by atoms with van der Waals surface area (Å²) in [5, 5.41) is 9.42. The first-order valence-corrected chi connectivity index (χ1v) is 5.20. The van der Waals surface area contributed by atoms with Crippen LogP contribution < -0.4 is 0 Å². The number of aliphatic hydroxyl groups is 1. The van der Waals surface area contributed by atoms with Crippen molar-refractivity contribution in [3.05, 3.63) is 32.9 Å². The minimum Gasteiger partial charge on any atom is -0.389 e. The second-order valence-corrected chi connectivity index (χ2v) is 3.93. The van der Waals surface area contributed by atoms with Crippen molar-refractivity contribution < 1.29 is 5.11 Å². The van der Waals surface area contributed by atoms with Crippen LogP contribution in [0.5, 0.6) is 0 Å². The fourth-order valence-corrected chi connectivity index (χ4v) is 2.39. The zero-order valence-electron chi connectivity index (χ0n) is 7.34. The summed E-state index contributed by atoms with van der Waals surface area (Å²) in [6.07, 6.45) is 0.669. The molecule has 0 aliphatic heterocycles. The van der Waals surface area contributed by atoms with Gasteiger partial charge in [-0.3, -0.25) is 0 Å². The molecular weight excluding hydrogens is 263 g/mol. The van der Waals surface area contributed by atoms with Gasteiger partial charge >= 0.3 is 0 Å². The second kappa shape index (κ2) is 4.23. The van der Waals surface area contributed by atoms with Gasteiger partial charge in [0, 0.05) is 3.57 Å². The lowest BCUT2D eigenvalue weighted by Crippen LogP contribution is -1.97. The molecule has 66 valence electrons. The number of aryl methyl sites for hydroxylation is 1. The fourth-order valence-electron chi connectivity index (χ4n) is 1.20. The molecule has 0 aromatic heterocycles. The SMILES string of the molecule is CCc1cccc([C@H](C)O)c1I. The smallest absolute Gasteiger partial charge is 0.0772 e. The van der Waals surface area contributed by atoms with Crippen LogP contribution >= 0.6 is 22.6 Å². The van der Waals surface area contributed by atoms with E-state index in [0.717, 1.165) is 12.0 Å². The number of hydrogen-bond donors (Lipinski definition) is 1. The summed E-state index contributed by atoms with van der Waals surface area (Å²) in [7, 11) is 0. The van der Waals surface area contributed by atoms with Gasteiger partial charge in [0.15, 0.2) is 0 Å². The maximum Gasteiger partial charge on any atom is 0.0772 e. The standard InChI is InChI=1S/C10H13IO/c1-3-8-5-4-6-9(7(2)12)10(8)11/h4-7,12H,3H2,1-2H3/t7-/m0/s1. The molecule has 0 saturated heterocycles. The molecule has 1 N–H and O–H groups in total. The molecule has 0 saturated carbocycles. The van der Waals surface area contributed by atoms with Crippen LogP contribution in [0.3, 0.4) is 0 Å². The monoisotopic (exact) mass is 276 g/mol. The molecule has 0 fully saturated rings. The molecule has 0 unspecified atom stereocenters. The van der Waals surface area contributed by atoms with Crippen LogP contribution in [-0.4, -0.2) is 5.11 Å². The van der Waals surface area contributed by atoms with Crippen molar-refractivity contribution in [1.82, 2.24) is 0 Å². The molecule has 1 aromatic rings. The van der Waals surface area contributed by atoms with Crippen LogP contribution in [0.2, 0.25) is 0 Å². The third-order valence-corrected chi connectivity index (χ3v) is 3.26. The third-order valence-electron chi connectivity index (χ3n) is 1.94. The van der Waals surface area contributed by atoms with Crippen LogP contribution in [0.4, 0.5) is 0 Å². The molecule has 0 aliphatic carbocycles. The molecule has 0 bridgehead atoms. The van der Waals surface area contributed by atoms with E-state index < -0.39 is 0 Å². The molecule has 1 nitrogen and oxygen atoms in total. The minimum atomic E-state index is -0.358. The summed E-state index contributed by atoms with van der Waals surface area (Å²) in [5.41, 5.74) is 2.35. The van der Waals surface area contributed by atoms with Crippen LogP contribution in [0.25, 0.3) is 0 Å². The van der Waals surface area contributed by atoms with Gasteiger partial charge in [-0.2, -0.15) is 0 Å². The Morgan fingerprint density at radius 2 is 2.17 bits per heavy atom. The summed E-state index contributed by atoms with van der Waals surface area (Å²) >= 11 is 2.30.